The Labute approximate surface area is 112 Å². The second kappa shape index (κ2) is 5.42. The molecule has 0 saturated carbocycles. The van der Waals surface area contributed by atoms with Crippen LogP contribution in [0, 0.1) is 11.7 Å². The lowest BCUT2D eigenvalue weighted by Gasteiger charge is -2.20. The van der Waals surface area contributed by atoms with Crippen molar-refractivity contribution in [2.75, 3.05) is 19.3 Å². The molecule has 0 saturated heterocycles. The molecule has 0 atom stereocenters. The maximum Gasteiger partial charge on any atom is 0.245 e. The normalized spacial score (nSPS) is 12.4. The van der Waals surface area contributed by atoms with E-state index < -0.39 is 20.7 Å². The van der Waals surface area contributed by atoms with Gasteiger partial charge in [-0.15, -0.1) is 0 Å². The highest BCUT2D eigenvalue weighted by Gasteiger charge is 2.26. The molecule has 0 aromatic heterocycles. The number of anilines is 1. The molecular formula is C11H16ClFN2O2S. The first-order valence-electron chi connectivity index (χ1n) is 5.37. The molecule has 1 aromatic carbocycles. The number of benzene rings is 1. The molecule has 0 heterocycles. The SMILES string of the molecule is CC(C)CN(C)S(=O)(=O)c1cc(Cl)cc(N)c1F. The number of nitrogen functional groups attached to an aromatic ring is 1. The summed E-state index contributed by atoms with van der Waals surface area (Å²) in [7, 11) is -2.52. The summed E-state index contributed by atoms with van der Waals surface area (Å²) in [5.41, 5.74) is 5.10. The zero-order chi connectivity index (χ0) is 14.1. The first-order valence-corrected chi connectivity index (χ1v) is 7.19. The predicted octanol–water partition coefficient (Wildman–Crippen LogP) is 2.34. The van der Waals surface area contributed by atoms with E-state index in [-0.39, 0.29) is 23.2 Å². The van der Waals surface area contributed by atoms with Gasteiger partial charge < -0.3 is 5.73 Å². The van der Waals surface area contributed by atoms with E-state index in [0.717, 1.165) is 10.4 Å². The molecule has 0 spiro atoms. The van der Waals surface area contributed by atoms with Crippen LogP contribution in [0.5, 0.6) is 0 Å². The molecular weight excluding hydrogens is 279 g/mol. The average molecular weight is 295 g/mol. The summed E-state index contributed by atoms with van der Waals surface area (Å²) in [6, 6.07) is 2.25. The number of hydrogen-bond donors (Lipinski definition) is 1. The maximum atomic E-state index is 13.8. The molecule has 0 unspecified atom stereocenters. The van der Waals surface area contributed by atoms with E-state index in [1.807, 2.05) is 13.8 Å². The van der Waals surface area contributed by atoms with Gasteiger partial charge in [0.05, 0.1) is 5.69 Å². The summed E-state index contributed by atoms with van der Waals surface area (Å²) in [6.45, 7) is 4.03. The molecule has 0 aliphatic rings. The molecule has 2 N–H and O–H groups in total. The van der Waals surface area contributed by atoms with E-state index in [1.165, 1.54) is 13.1 Å². The van der Waals surface area contributed by atoms with Crippen molar-refractivity contribution < 1.29 is 12.8 Å². The Balaban J connectivity index is 3.29. The Bertz CT molecular complexity index is 546. The van der Waals surface area contributed by atoms with Crippen molar-refractivity contribution in [3.05, 3.63) is 23.0 Å². The standard InChI is InChI=1S/C11H16ClFN2O2S/c1-7(2)6-15(3)18(16,17)10-5-8(12)4-9(14)11(10)13/h4-5,7H,6,14H2,1-3H3. The Hall–Kier alpha value is -0.850. The first kappa shape index (κ1) is 15.2. The second-order valence-electron chi connectivity index (χ2n) is 4.49. The van der Waals surface area contributed by atoms with E-state index in [2.05, 4.69) is 0 Å². The zero-order valence-electron chi connectivity index (χ0n) is 10.4. The minimum absolute atomic E-state index is 0.0884. The number of nitrogens with zero attached hydrogens (tertiary/aromatic N) is 1. The molecule has 0 bridgehead atoms. The van der Waals surface area contributed by atoms with Crippen molar-refractivity contribution in [3.8, 4) is 0 Å². The molecule has 18 heavy (non-hydrogen) atoms. The number of nitrogens with two attached hydrogens (primary N) is 1. The van der Waals surface area contributed by atoms with Crippen LogP contribution in [0.3, 0.4) is 0 Å². The van der Waals surface area contributed by atoms with E-state index >= 15 is 0 Å². The van der Waals surface area contributed by atoms with Crippen LogP contribution in [0.2, 0.25) is 5.02 Å². The third kappa shape index (κ3) is 3.13. The number of halogens is 2. The van der Waals surface area contributed by atoms with Crippen molar-refractivity contribution in [1.82, 2.24) is 4.31 Å². The summed E-state index contributed by atoms with van der Waals surface area (Å²) in [5.74, 6) is -0.834. The fourth-order valence-corrected chi connectivity index (χ4v) is 3.29. The Morgan fingerprint density at radius 3 is 2.50 bits per heavy atom. The lowest BCUT2D eigenvalue weighted by Crippen LogP contribution is -2.31. The van der Waals surface area contributed by atoms with Gasteiger partial charge in [0.1, 0.15) is 4.90 Å². The summed E-state index contributed by atoms with van der Waals surface area (Å²) >= 11 is 5.71. The van der Waals surface area contributed by atoms with Gasteiger partial charge in [0.25, 0.3) is 0 Å². The van der Waals surface area contributed by atoms with Gasteiger partial charge in [-0.3, -0.25) is 0 Å². The third-order valence-electron chi connectivity index (χ3n) is 2.34. The Kier molecular flexibility index (Phi) is 4.58. The van der Waals surface area contributed by atoms with Gasteiger partial charge in [0.15, 0.2) is 5.82 Å². The van der Waals surface area contributed by atoms with Gasteiger partial charge in [-0.25, -0.2) is 17.1 Å². The second-order valence-corrected chi connectivity index (χ2v) is 6.94. The molecule has 102 valence electrons. The van der Waals surface area contributed by atoms with Crippen molar-refractivity contribution in [2.24, 2.45) is 5.92 Å². The maximum absolute atomic E-state index is 13.8. The lowest BCUT2D eigenvalue weighted by atomic mass is 10.2. The molecule has 0 aliphatic heterocycles. The van der Waals surface area contributed by atoms with Crippen LogP contribution in [0.1, 0.15) is 13.8 Å². The summed E-state index contributed by atoms with van der Waals surface area (Å²) in [6.07, 6.45) is 0. The van der Waals surface area contributed by atoms with Crippen LogP contribution in [0.4, 0.5) is 10.1 Å². The molecule has 0 fully saturated rings. The Morgan fingerprint density at radius 1 is 1.44 bits per heavy atom. The van der Waals surface area contributed by atoms with Crippen molar-refractivity contribution >= 4 is 27.3 Å². The fraction of sp³-hybridized carbons (Fsp3) is 0.455. The van der Waals surface area contributed by atoms with Gasteiger partial charge in [0, 0.05) is 18.6 Å². The van der Waals surface area contributed by atoms with Gasteiger partial charge in [0.2, 0.25) is 10.0 Å². The van der Waals surface area contributed by atoms with Gasteiger partial charge >= 0.3 is 0 Å². The molecule has 0 amide bonds. The molecule has 0 radical (unpaired) electrons. The highest BCUT2D eigenvalue weighted by Crippen LogP contribution is 2.27. The quantitative estimate of drug-likeness (QED) is 0.867. The van der Waals surface area contributed by atoms with Crippen molar-refractivity contribution in [3.63, 3.8) is 0 Å². The van der Waals surface area contributed by atoms with Crippen LogP contribution < -0.4 is 5.73 Å². The van der Waals surface area contributed by atoms with Gasteiger partial charge in [-0.2, -0.15) is 0 Å². The van der Waals surface area contributed by atoms with Crippen LogP contribution in [-0.2, 0) is 10.0 Å². The summed E-state index contributed by atoms with van der Waals surface area (Å²) in [5, 5.41) is 0.0884. The minimum atomic E-state index is -3.92. The minimum Gasteiger partial charge on any atom is -0.396 e. The average Bonchev–Trinajstić information content (AvgIpc) is 2.22. The largest absolute Gasteiger partial charge is 0.396 e. The first-order chi connectivity index (χ1) is 8.16. The Morgan fingerprint density at radius 2 is 2.00 bits per heavy atom. The molecule has 1 aromatic rings. The number of hydrogen-bond acceptors (Lipinski definition) is 3. The molecule has 4 nitrogen and oxygen atoms in total. The molecule has 7 heteroatoms. The van der Waals surface area contributed by atoms with Gasteiger partial charge in [-0.1, -0.05) is 25.4 Å². The van der Waals surface area contributed by atoms with Crippen LogP contribution in [-0.4, -0.2) is 26.3 Å². The highest BCUT2D eigenvalue weighted by molar-refractivity contribution is 7.89. The predicted molar refractivity (Wildman–Crippen MR) is 70.5 cm³/mol. The van der Waals surface area contributed by atoms with Crippen molar-refractivity contribution in [1.29, 1.82) is 0 Å². The monoisotopic (exact) mass is 294 g/mol. The van der Waals surface area contributed by atoms with Crippen molar-refractivity contribution in [2.45, 2.75) is 18.7 Å². The zero-order valence-corrected chi connectivity index (χ0v) is 12.0. The van der Waals surface area contributed by atoms with Crippen LogP contribution >= 0.6 is 11.6 Å². The van der Waals surface area contributed by atoms with Gasteiger partial charge in [-0.05, 0) is 18.1 Å². The summed E-state index contributed by atoms with van der Waals surface area (Å²) < 4.78 is 39.2. The van der Waals surface area contributed by atoms with E-state index in [4.69, 9.17) is 17.3 Å². The molecule has 0 aliphatic carbocycles. The number of rotatable bonds is 4. The van der Waals surface area contributed by atoms with E-state index in [9.17, 15) is 12.8 Å². The molecule has 1 rings (SSSR count). The third-order valence-corrected chi connectivity index (χ3v) is 4.38. The fourth-order valence-electron chi connectivity index (χ4n) is 1.55. The van der Waals surface area contributed by atoms with Crippen LogP contribution in [0.25, 0.3) is 0 Å². The lowest BCUT2D eigenvalue weighted by molar-refractivity contribution is 0.414. The highest BCUT2D eigenvalue weighted by atomic mass is 35.5. The summed E-state index contributed by atoms with van der Waals surface area (Å²) in [4.78, 5) is -0.490. The smallest absolute Gasteiger partial charge is 0.245 e. The topological polar surface area (TPSA) is 63.4 Å². The van der Waals surface area contributed by atoms with E-state index in [1.54, 1.807) is 0 Å². The van der Waals surface area contributed by atoms with Crippen LogP contribution in [0.15, 0.2) is 17.0 Å². The number of sulfonamides is 1. The van der Waals surface area contributed by atoms with E-state index in [0.29, 0.717) is 0 Å².